The topological polar surface area (TPSA) is 56.5 Å². The van der Waals surface area contributed by atoms with Crippen LogP contribution in [0.3, 0.4) is 0 Å². The number of benzene rings is 1. The highest BCUT2D eigenvalue weighted by Gasteiger charge is 2.07. The minimum absolute atomic E-state index is 0.210. The highest BCUT2D eigenvalue weighted by Crippen LogP contribution is 2.17. The van der Waals surface area contributed by atoms with Crippen molar-refractivity contribution in [1.29, 1.82) is 0 Å². The molecule has 0 aliphatic rings. The Morgan fingerprint density at radius 3 is 2.80 bits per heavy atom. The Kier molecular flexibility index (Phi) is 2.43. The Morgan fingerprint density at radius 2 is 2.07 bits per heavy atom. The fourth-order valence-electron chi connectivity index (χ4n) is 1.21. The second kappa shape index (κ2) is 3.74. The fourth-order valence-corrected chi connectivity index (χ4v) is 1.29. The summed E-state index contributed by atoms with van der Waals surface area (Å²) in [5, 5.41) is 0.423. The van der Waals surface area contributed by atoms with Gasteiger partial charge >= 0.3 is 5.43 Å². The average Bonchev–Trinajstić information content (AvgIpc) is 2.16. The third kappa shape index (κ3) is 1.99. The summed E-state index contributed by atoms with van der Waals surface area (Å²) < 4.78 is 9.59. The molecule has 0 amide bonds. The van der Waals surface area contributed by atoms with Gasteiger partial charge in [-0.2, -0.15) is 0 Å². The summed E-state index contributed by atoms with van der Waals surface area (Å²) in [6.45, 7) is 0. The van der Waals surface area contributed by atoms with Crippen LogP contribution >= 0.6 is 11.6 Å². The summed E-state index contributed by atoms with van der Waals surface area (Å²) >= 11 is 4.99. The molecule has 0 aliphatic carbocycles. The second-order valence-corrected chi connectivity index (χ2v) is 3.07. The predicted molar refractivity (Wildman–Crippen MR) is 54.4 cm³/mol. The highest BCUT2D eigenvalue weighted by molar-refractivity contribution is 6.61. The van der Waals surface area contributed by atoms with E-state index in [-0.39, 0.29) is 11.4 Å². The van der Waals surface area contributed by atoms with Crippen LogP contribution in [-0.2, 0) is 0 Å². The van der Waals surface area contributed by atoms with E-state index in [1.54, 1.807) is 24.3 Å². The molecule has 0 radical (unpaired) electrons. The summed E-state index contributed by atoms with van der Waals surface area (Å²) in [6, 6.07) is 7.71. The number of hydrogen-bond donors (Lipinski definition) is 0. The van der Waals surface area contributed by atoms with E-state index in [4.69, 9.17) is 16.0 Å². The predicted octanol–water partition coefficient (Wildman–Crippen LogP) is 2.53. The molecule has 0 saturated heterocycles. The molecule has 0 bridgehead atoms. The van der Waals surface area contributed by atoms with E-state index < -0.39 is 5.43 Å². The van der Waals surface area contributed by atoms with Crippen LogP contribution in [0.15, 0.2) is 39.5 Å². The molecule has 2 rings (SSSR count). The molecule has 0 unspecified atom stereocenters. The normalized spacial score (nSPS) is 10.2. The quantitative estimate of drug-likeness (QED) is 0.699. The molecule has 2 aromatic rings. The third-order valence-electron chi connectivity index (χ3n) is 1.79. The van der Waals surface area contributed by atoms with E-state index in [9.17, 15) is 9.59 Å². The fraction of sp³-hybridized carbons (Fsp3) is 0. The minimum Gasteiger partial charge on any atom is -0.425 e. The molecule has 0 spiro atoms. The Labute approximate surface area is 89.0 Å². The van der Waals surface area contributed by atoms with Crippen LogP contribution in [0.25, 0.3) is 11.0 Å². The lowest BCUT2D eigenvalue weighted by molar-refractivity contribution is 0.213. The molecule has 0 saturated carbocycles. The first-order valence-corrected chi connectivity index (χ1v) is 4.45. The van der Waals surface area contributed by atoms with E-state index in [1.165, 1.54) is 0 Å². The lowest BCUT2D eigenvalue weighted by atomic mass is 10.2. The van der Waals surface area contributed by atoms with Gasteiger partial charge < -0.3 is 9.15 Å². The third-order valence-corrected chi connectivity index (χ3v) is 1.87. The van der Waals surface area contributed by atoms with Crippen molar-refractivity contribution in [3.8, 4) is 5.95 Å². The van der Waals surface area contributed by atoms with Crippen molar-refractivity contribution in [2.45, 2.75) is 0 Å². The van der Waals surface area contributed by atoms with Crippen LogP contribution in [0.5, 0.6) is 5.95 Å². The second-order valence-electron chi connectivity index (χ2n) is 2.77. The highest BCUT2D eigenvalue weighted by atomic mass is 35.5. The Hall–Kier alpha value is -1.81. The molecule has 0 fully saturated rings. The van der Waals surface area contributed by atoms with Crippen LogP contribution in [0, 0.1) is 0 Å². The van der Waals surface area contributed by atoms with Crippen LogP contribution in [0.4, 0.5) is 4.79 Å². The van der Waals surface area contributed by atoms with Crippen molar-refractivity contribution in [2.24, 2.45) is 0 Å². The smallest absolute Gasteiger partial charge is 0.411 e. The molecule has 4 nitrogen and oxygen atoms in total. The van der Waals surface area contributed by atoms with Gasteiger partial charge in [-0.3, -0.25) is 4.79 Å². The van der Waals surface area contributed by atoms with Gasteiger partial charge in [-0.15, -0.1) is 0 Å². The van der Waals surface area contributed by atoms with E-state index >= 15 is 0 Å². The summed E-state index contributed by atoms with van der Waals surface area (Å²) in [5.74, 6) is -0.210. The van der Waals surface area contributed by atoms with Gasteiger partial charge in [0.05, 0.1) is 11.5 Å². The van der Waals surface area contributed by atoms with Crippen LogP contribution in [-0.4, -0.2) is 5.43 Å². The van der Waals surface area contributed by atoms with Gasteiger partial charge in [0.15, 0.2) is 5.43 Å². The molecular formula is C10H5ClO4. The average molecular weight is 225 g/mol. The maximum Gasteiger partial charge on any atom is 0.411 e. The zero-order valence-electron chi connectivity index (χ0n) is 7.40. The van der Waals surface area contributed by atoms with Crippen LogP contribution < -0.4 is 10.2 Å². The van der Waals surface area contributed by atoms with E-state index in [0.717, 1.165) is 6.07 Å². The zero-order valence-corrected chi connectivity index (χ0v) is 8.15. The molecule has 1 aromatic carbocycles. The van der Waals surface area contributed by atoms with Crippen molar-refractivity contribution < 1.29 is 13.9 Å². The zero-order chi connectivity index (χ0) is 10.8. The molecule has 0 atom stereocenters. The van der Waals surface area contributed by atoms with Gasteiger partial charge in [0, 0.05) is 11.6 Å². The monoisotopic (exact) mass is 224 g/mol. The van der Waals surface area contributed by atoms with Crippen molar-refractivity contribution in [3.05, 3.63) is 40.6 Å². The minimum atomic E-state index is -1.05. The Morgan fingerprint density at radius 1 is 1.33 bits per heavy atom. The number of hydrogen-bond acceptors (Lipinski definition) is 4. The standard InChI is InChI=1S/C10H5ClO4/c11-10(13)15-9-5-7(12)6-3-1-2-4-8(6)14-9/h1-5H. The Balaban J connectivity index is 2.62. The number of rotatable bonds is 1. The number of carbonyl (C=O) groups excluding carboxylic acids is 1. The number of carbonyl (C=O) groups is 1. The van der Waals surface area contributed by atoms with Gasteiger partial charge in [0.25, 0.3) is 5.95 Å². The molecule has 1 aromatic heterocycles. The first-order chi connectivity index (χ1) is 7.16. The first kappa shape index (κ1) is 9.73. The van der Waals surface area contributed by atoms with Gasteiger partial charge in [0.2, 0.25) is 0 Å². The Bertz CT molecular complexity index is 573. The van der Waals surface area contributed by atoms with Crippen molar-refractivity contribution in [2.75, 3.05) is 0 Å². The molecule has 0 aliphatic heterocycles. The lowest BCUT2D eigenvalue weighted by Crippen LogP contribution is -2.03. The van der Waals surface area contributed by atoms with Gasteiger partial charge in [-0.05, 0) is 12.1 Å². The first-order valence-electron chi connectivity index (χ1n) is 4.07. The molecule has 5 heteroatoms. The van der Waals surface area contributed by atoms with Gasteiger partial charge in [-0.1, -0.05) is 12.1 Å². The van der Waals surface area contributed by atoms with Crippen LogP contribution in [0.1, 0.15) is 0 Å². The summed E-state index contributed by atoms with van der Waals surface area (Å²) in [4.78, 5) is 21.9. The maximum atomic E-state index is 11.5. The van der Waals surface area contributed by atoms with E-state index in [2.05, 4.69) is 4.74 Å². The number of fused-ring (bicyclic) bond motifs is 1. The number of ether oxygens (including phenoxy) is 1. The van der Waals surface area contributed by atoms with Crippen molar-refractivity contribution in [3.63, 3.8) is 0 Å². The molecule has 76 valence electrons. The molecule has 15 heavy (non-hydrogen) atoms. The van der Waals surface area contributed by atoms with E-state index in [1.807, 2.05) is 0 Å². The SMILES string of the molecule is O=C(Cl)Oc1cc(=O)c2ccccc2o1. The summed E-state index contributed by atoms with van der Waals surface area (Å²) in [5.41, 5.74) is -0.990. The largest absolute Gasteiger partial charge is 0.425 e. The van der Waals surface area contributed by atoms with Crippen molar-refractivity contribution >= 4 is 28.0 Å². The van der Waals surface area contributed by atoms with E-state index in [0.29, 0.717) is 11.0 Å². The molecule has 1 heterocycles. The molecular weight excluding hydrogens is 220 g/mol. The van der Waals surface area contributed by atoms with Crippen molar-refractivity contribution in [1.82, 2.24) is 0 Å². The molecule has 0 N–H and O–H groups in total. The van der Waals surface area contributed by atoms with Gasteiger partial charge in [0.1, 0.15) is 5.58 Å². The lowest BCUT2D eigenvalue weighted by Gasteiger charge is -1.99. The summed E-state index contributed by atoms with van der Waals surface area (Å²) in [7, 11) is 0. The number of halogens is 1. The van der Waals surface area contributed by atoms with Gasteiger partial charge in [-0.25, -0.2) is 4.79 Å². The summed E-state index contributed by atoms with van der Waals surface area (Å²) in [6.07, 6.45) is 0. The number of para-hydroxylation sites is 1. The van der Waals surface area contributed by atoms with Crippen LogP contribution in [0.2, 0.25) is 0 Å². The maximum absolute atomic E-state index is 11.5.